The zero-order valence-corrected chi connectivity index (χ0v) is 12.7. The molecule has 0 saturated heterocycles. The van der Waals surface area contributed by atoms with E-state index in [-0.39, 0.29) is 24.0 Å². The molecule has 1 aromatic carbocycles. The fourth-order valence-electron chi connectivity index (χ4n) is 2.17. The van der Waals surface area contributed by atoms with Crippen LogP contribution in [0.5, 0.6) is 0 Å². The third-order valence-electron chi connectivity index (χ3n) is 3.40. The Morgan fingerprint density at radius 3 is 2.44 bits per heavy atom. The van der Waals surface area contributed by atoms with Crippen LogP contribution >= 0.6 is 0 Å². The molecule has 2 N–H and O–H groups in total. The average molecular weight is 350 g/mol. The number of alkyl halides is 3. The largest absolute Gasteiger partial charge is 0.471 e. The average Bonchev–Trinajstić information content (AvgIpc) is 3.11. The molecule has 1 atom stereocenters. The minimum absolute atomic E-state index is 0.146. The standard InChI is InChI=1S/C16H13F3N4O2/c17-16(18,19)15-22-14(23-25-15)11-6-7-13(20-8-11)21-12(9-24)10-4-2-1-3-5-10/h1-8,12,24H,9H2,(H,20,21)/t12-/m0/s1. The summed E-state index contributed by atoms with van der Waals surface area (Å²) in [5, 5.41) is 15.9. The van der Waals surface area contributed by atoms with Gasteiger partial charge in [-0.1, -0.05) is 35.5 Å². The first-order valence-electron chi connectivity index (χ1n) is 7.27. The number of halogens is 3. The molecule has 3 aromatic rings. The Morgan fingerprint density at radius 2 is 1.88 bits per heavy atom. The summed E-state index contributed by atoms with van der Waals surface area (Å²) in [7, 11) is 0. The molecule has 0 aliphatic heterocycles. The van der Waals surface area contributed by atoms with Gasteiger partial charge in [-0.3, -0.25) is 0 Å². The Balaban J connectivity index is 1.75. The number of nitrogens with zero attached hydrogens (tertiary/aromatic N) is 3. The molecule has 0 fully saturated rings. The molecule has 0 aliphatic carbocycles. The molecule has 9 heteroatoms. The van der Waals surface area contributed by atoms with E-state index in [9.17, 15) is 18.3 Å². The second-order valence-electron chi connectivity index (χ2n) is 5.14. The topological polar surface area (TPSA) is 84.1 Å². The smallest absolute Gasteiger partial charge is 0.394 e. The van der Waals surface area contributed by atoms with Crippen LogP contribution in [0.2, 0.25) is 0 Å². The van der Waals surface area contributed by atoms with E-state index in [2.05, 4.69) is 25.0 Å². The van der Waals surface area contributed by atoms with Crippen LogP contribution in [0.25, 0.3) is 11.4 Å². The van der Waals surface area contributed by atoms with Gasteiger partial charge in [-0.05, 0) is 17.7 Å². The van der Waals surface area contributed by atoms with Crippen LogP contribution in [0, 0.1) is 0 Å². The van der Waals surface area contributed by atoms with Gasteiger partial charge in [0.2, 0.25) is 5.82 Å². The van der Waals surface area contributed by atoms with E-state index in [0.29, 0.717) is 5.82 Å². The minimum atomic E-state index is -4.69. The molecule has 0 radical (unpaired) electrons. The normalized spacial score (nSPS) is 12.8. The molecule has 25 heavy (non-hydrogen) atoms. The van der Waals surface area contributed by atoms with Crippen LogP contribution in [0.15, 0.2) is 53.2 Å². The van der Waals surface area contributed by atoms with Gasteiger partial charge < -0.3 is 14.9 Å². The van der Waals surface area contributed by atoms with Crippen molar-refractivity contribution in [2.45, 2.75) is 12.2 Å². The maximum atomic E-state index is 12.5. The fraction of sp³-hybridized carbons (Fsp3) is 0.188. The molecule has 0 saturated carbocycles. The molecule has 2 heterocycles. The number of anilines is 1. The lowest BCUT2D eigenvalue weighted by atomic mass is 10.1. The van der Waals surface area contributed by atoms with Crippen molar-refractivity contribution in [1.29, 1.82) is 0 Å². The Bertz CT molecular complexity index is 819. The number of hydrogen-bond acceptors (Lipinski definition) is 6. The van der Waals surface area contributed by atoms with Crippen molar-refractivity contribution >= 4 is 5.82 Å². The Kier molecular flexibility index (Phi) is 4.66. The number of hydrogen-bond donors (Lipinski definition) is 2. The quantitative estimate of drug-likeness (QED) is 0.735. The molecular weight excluding hydrogens is 337 g/mol. The summed E-state index contributed by atoms with van der Waals surface area (Å²) in [6.45, 7) is -0.146. The summed E-state index contributed by atoms with van der Waals surface area (Å²) < 4.78 is 41.6. The summed E-state index contributed by atoms with van der Waals surface area (Å²) in [4.78, 5) is 7.42. The second kappa shape index (κ2) is 6.89. The molecule has 0 spiro atoms. The third kappa shape index (κ3) is 3.94. The lowest BCUT2D eigenvalue weighted by molar-refractivity contribution is -0.159. The van der Waals surface area contributed by atoms with Crippen molar-refractivity contribution in [3.05, 3.63) is 60.1 Å². The van der Waals surface area contributed by atoms with Gasteiger partial charge in [0.1, 0.15) is 5.82 Å². The Labute approximate surface area is 140 Å². The van der Waals surface area contributed by atoms with E-state index in [4.69, 9.17) is 0 Å². The number of pyridine rings is 1. The molecule has 0 unspecified atom stereocenters. The summed E-state index contributed by atoms with van der Waals surface area (Å²) in [6, 6.07) is 12.0. The van der Waals surface area contributed by atoms with Gasteiger partial charge in [0.15, 0.2) is 0 Å². The highest BCUT2D eigenvalue weighted by Gasteiger charge is 2.38. The van der Waals surface area contributed by atoms with Crippen LogP contribution in [-0.4, -0.2) is 26.8 Å². The molecule has 0 amide bonds. The van der Waals surface area contributed by atoms with Crippen LogP contribution in [0.4, 0.5) is 19.0 Å². The fourth-order valence-corrected chi connectivity index (χ4v) is 2.17. The van der Waals surface area contributed by atoms with E-state index in [1.165, 1.54) is 12.3 Å². The SMILES string of the molecule is OC[C@H](Nc1ccc(-c2noc(C(F)(F)F)n2)cn1)c1ccccc1. The molecule has 3 rings (SSSR count). The number of aliphatic hydroxyl groups excluding tert-OH is 1. The summed E-state index contributed by atoms with van der Waals surface area (Å²) in [5.74, 6) is -1.16. The highest BCUT2D eigenvalue weighted by molar-refractivity contribution is 5.55. The van der Waals surface area contributed by atoms with Gasteiger partial charge in [-0.15, -0.1) is 0 Å². The summed E-state index contributed by atoms with van der Waals surface area (Å²) in [6.07, 6.45) is -3.36. The van der Waals surface area contributed by atoms with Crippen molar-refractivity contribution in [2.75, 3.05) is 11.9 Å². The van der Waals surface area contributed by atoms with Crippen molar-refractivity contribution in [2.24, 2.45) is 0 Å². The van der Waals surface area contributed by atoms with E-state index >= 15 is 0 Å². The van der Waals surface area contributed by atoms with E-state index < -0.39 is 12.1 Å². The van der Waals surface area contributed by atoms with Crippen LogP contribution in [0.3, 0.4) is 0 Å². The zero-order chi connectivity index (χ0) is 17.9. The number of rotatable bonds is 5. The first kappa shape index (κ1) is 16.9. The van der Waals surface area contributed by atoms with Gasteiger partial charge in [0.05, 0.1) is 12.6 Å². The van der Waals surface area contributed by atoms with Gasteiger partial charge >= 0.3 is 12.1 Å². The molecule has 6 nitrogen and oxygen atoms in total. The van der Waals surface area contributed by atoms with Crippen LogP contribution in [-0.2, 0) is 6.18 Å². The van der Waals surface area contributed by atoms with E-state index in [0.717, 1.165) is 5.56 Å². The van der Waals surface area contributed by atoms with E-state index in [1.54, 1.807) is 6.07 Å². The maximum absolute atomic E-state index is 12.5. The lowest BCUT2D eigenvalue weighted by Crippen LogP contribution is -2.15. The first-order chi connectivity index (χ1) is 12.0. The van der Waals surface area contributed by atoms with Gasteiger partial charge in [-0.25, -0.2) is 4.98 Å². The highest BCUT2D eigenvalue weighted by Crippen LogP contribution is 2.29. The van der Waals surface area contributed by atoms with Crippen LogP contribution in [0.1, 0.15) is 17.5 Å². The van der Waals surface area contributed by atoms with Crippen LogP contribution < -0.4 is 5.32 Å². The predicted molar refractivity (Wildman–Crippen MR) is 82.4 cm³/mol. The minimum Gasteiger partial charge on any atom is -0.394 e. The maximum Gasteiger partial charge on any atom is 0.471 e. The summed E-state index contributed by atoms with van der Waals surface area (Å²) in [5.41, 5.74) is 1.16. The number of nitrogens with one attached hydrogen (secondary N) is 1. The Hall–Kier alpha value is -2.94. The van der Waals surface area contributed by atoms with E-state index in [1.807, 2.05) is 30.3 Å². The number of aromatic nitrogens is 3. The lowest BCUT2D eigenvalue weighted by Gasteiger charge is -2.17. The van der Waals surface area contributed by atoms with Crippen molar-refractivity contribution in [1.82, 2.24) is 15.1 Å². The molecular formula is C16H13F3N4O2. The monoisotopic (exact) mass is 350 g/mol. The zero-order valence-electron chi connectivity index (χ0n) is 12.7. The molecule has 130 valence electrons. The molecule has 0 bridgehead atoms. The molecule has 0 aliphatic rings. The van der Waals surface area contributed by atoms with Crippen molar-refractivity contribution in [3.8, 4) is 11.4 Å². The highest BCUT2D eigenvalue weighted by atomic mass is 19.4. The number of benzene rings is 1. The molecule has 2 aromatic heterocycles. The predicted octanol–water partition coefficient (Wildman–Crippen LogP) is 3.30. The number of aliphatic hydroxyl groups is 1. The van der Waals surface area contributed by atoms with Crippen molar-refractivity contribution in [3.63, 3.8) is 0 Å². The third-order valence-corrected chi connectivity index (χ3v) is 3.40. The summed E-state index contributed by atoms with van der Waals surface area (Å²) >= 11 is 0. The first-order valence-corrected chi connectivity index (χ1v) is 7.27. The van der Waals surface area contributed by atoms with Gasteiger partial charge in [0, 0.05) is 11.8 Å². The second-order valence-corrected chi connectivity index (χ2v) is 5.14. The van der Waals surface area contributed by atoms with Crippen molar-refractivity contribution < 1.29 is 22.8 Å². The van der Waals surface area contributed by atoms with Gasteiger partial charge in [-0.2, -0.15) is 18.2 Å². The van der Waals surface area contributed by atoms with Gasteiger partial charge in [0.25, 0.3) is 0 Å². The Morgan fingerprint density at radius 1 is 1.12 bits per heavy atom.